The fraction of sp³-hybridized carbons (Fsp3) is 0.462. The summed E-state index contributed by atoms with van der Waals surface area (Å²) in [4.78, 5) is 11.6. The fourth-order valence-corrected chi connectivity index (χ4v) is 2.80. The number of benzene rings is 1. The van der Waals surface area contributed by atoms with Crippen LogP contribution in [0.2, 0.25) is 5.02 Å². The average Bonchev–Trinajstić information content (AvgIpc) is 2.39. The Morgan fingerprint density at radius 1 is 1.35 bits per heavy atom. The van der Waals surface area contributed by atoms with Crippen LogP contribution in [0.5, 0.6) is 0 Å². The van der Waals surface area contributed by atoms with Crippen molar-refractivity contribution in [1.82, 2.24) is 4.72 Å². The van der Waals surface area contributed by atoms with Crippen LogP contribution in [-0.2, 0) is 14.8 Å². The molecule has 0 saturated heterocycles. The largest absolute Gasteiger partial charge is 0.325 e. The van der Waals surface area contributed by atoms with E-state index in [0.717, 1.165) is 12.0 Å². The molecule has 1 rings (SSSR count). The van der Waals surface area contributed by atoms with Gasteiger partial charge in [-0.05, 0) is 31.0 Å². The minimum atomic E-state index is -3.38. The summed E-state index contributed by atoms with van der Waals surface area (Å²) >= 11 is 5.94. The van der Waals surface area contributed by atoms with E-state index in [4.69, 9.17) is 11.6 Å². The van der Waals surface area contributed by atoms with Gasteiger partial charge in [0.25, 0.3) is 0 Å². The lowest BCUT2D eigenvalue weighted by Gasteiger charge is -2.08. The van der Waals surface area contributed by atoms with Gasteiger partial charge in [-0.3, -0.25) is 4.79 Å². The number of nitrogens with one attached hydrogen (secondary N) is 2. The maximum Gasteiger partial charge on any atom is 0.239 e. The topological polar surface area (TPSA) is 75.3 Å². The second-order valence-electron chi connectivity index (χ2n) is 4.51. The lowest BCUT2D eigenvalue weighted by atomic mass is 10.2. The van der Waals surface area contributed by atoms with Gasteiger partial charge >= 0.3 is 0 Å². The molecule has 0 aliphatic rings. The van der Waals surface area contributed by atoms with E-state index in [9.17, 15) is 13.2 Å². The second-order valence-corrected chi connectivity index (χ2v) is 6.84. The fourth-order valence-electron chi connectivity index (χ4n) is 1.46. The molecule has 0 aromatic heterocycles. The third-order valence-electron chi connectivity index (χ3n) is 2.67. The summed E-state index contributed by atoms with van der Waals surface area (Å²) in [5.41, 5.74) is 1.45. The van der Waals surface area contributed by atoms with Gasteiger partial charge in [0.2, 0.25) is 15.9 Å². The second kappa shape index (κ2) is 7.61. The van der Waals surface area contributed by atoms with Crippen molar-refractivity contribution < 1.29 is 13.2 Å². The molecule has 112 valence electrons. The molecule has 0 unspecified atom stereocenters. The highest BCUT2D eigenvalue weighted by Crippen LogP contribution is 2.19. The molecule has 1 aromatic carbocycles. The van der Waals surface area contributed by atoms with Gasteiger partial charge < -0.3 is 5.32 Å². The zero-order valence-electron chi connectivity index (χ0n) is 11.6. The molecule has 20 heavy (non-hydrogen) atoms. The van der Waals surface area contributed by atoms with Gasteiger partial charge in [0.05, 0.1) is 12.3 Å². The normalized spacial score (nSPS) is 11.3. The smallest absolute Gasteiger partial charge is 0.239 e. The molecule has 0 saturated carbocycles. The average molecular weight is 319 g/mol. The van der Waals surface area contributed by atoms with Gasteiger partial charge in [0.1, 0.15) is 0 Å². The van der Waals surface area contributed by atoms with Crippen LogP contribution in [0.15, 0.2) is 18.2 Å². The van der Waals surface area contributed by atoms with E-state index in [1.54, 1.807) is 18.2 Å². The SMILES string of the molecule is CCCCS(=O)(=O)NCC(=O)Nc1ccc(C)c(Cl)c1. The number of amides is 1. The summed E-state index contributed by atoms with van der Waals surface area (Å²) in [6, 6.07) is 5.12. The van der Waals surface area contributed by atoms with Crippen molar-refractivity contribution in [3.63, 3.8) is 0 Å². The van der Waals surface area contributed by atoms with Crippen molar-refractivity contribution in [2.45, 2.75) is 26.7 Å². The molecule has 5 nitrogen and oxygen atoms in total. The van der Waals surface area contributed by atoms with Crippen molar-refractivity contribution in [1.29, 1.82) is 0 Å². The zero-order chi connectivity index (χ0) is 15.2. The highest BCUT2D eigenvalue weighted by Gasteiger charge is 2.11. The van der Waals surface area contributed by atoms with Crippen molar-refractivity contribution in [2.24, 2.45) is 0 Å². The van der Waals surface area contributed by atoms with Crippen LogP contribution >= 0.6 is 11.6 Å². The van der Waals surface area contributed by atoms with E-state index in [1.807, 2.05) is 13.8 Å². The van der Waals surface area contributed by atoms with E-state index in [0.29, 0.717) is 17.1 Å². The van der Waals surface area contributed by atoms with Crippen LogP contribution in [0.4, 0.5) is 5.69 Å². The van der Waals surface area contributed by atoms with Crippen LogP contribution in [0, 0.1) is 6.92 Å². The van der Waals surface area contributed by atoms with Crippen LogP contribution in [0.3, 0.4) is 0 Å². The molecule has 0 aliphatic heterocycles. The standard InChI is InChI=1S/C13H19ClN2O3S/c1-3-4-7-20(18,19)15-9-13(17)16-11-6-5-10(2)12(14)8-11/h5-6,8,15H,3-4,7,9H2,1-2H3,(H,16,17). The van der Waals surface area contributed by atoms with Crippen LogP contribution in [-0.4, -0.2) is 26.6 Å². The number of carbonyl (C=O) groups is 1. The van der Waals surface area contributed by atoms with Gasteiger partial charge in [-0.1, -0.05) is 31.0 Å². The number of hydrogen-bond acceptors (Lipinski definition) is 3. The third-order valence-corrected chi connectivity index (χ3v) is 4.49. The van der Waals surface area contributed by atoms with Gasteiger partial charge in [0.15, 0.2) is 0 Å². The number of rotatable bonds is 7. The Hall–Kier alpha value is -1.11. The van der Waals surface area contributed by atoms with Crippen LogP contribution in [0.25, 0.3) is 0 Å². The molecule has 0 heterocycles. The first-order chi connectivity index (χ1) is 9.34. The van der Waals surface area contributed by atoms with Gasteiger partial charge in [-0.15, -0.1) is 0 Å². The molecule has 7 heteroatoms. The molecule has 0 aliphatic carbocycles. The van der Waals surface area contributed by atoms with E-state index < -0.39 is 15.9 Å². The Bertz CT molecular complexity index is 573. The molecular formula is C13H19ClN2O3S. The van der Waals surface area contributed by atoms with Crippen LogP contribution in [0.1, 0.15) is 25.3 Å². The minimum Gasteiger partial charge on any atom is -0.325 e. The first-order valence-corrected chi connectivity index (χ1v) is 8.40. The number of anilines is 1. The molecule has 2 N–H and O–H groups in total. The van der Waals surface area contributed by atoms with Gasteiger partial charge in [-0.25, -0.2) is 13.1 Å². The lowest BCUT2D eigenvalue weighted by Crippen LogP contribution is -2.34. The molecule has 0 spiro atoms. The zero-order valence-corrected chi connectivity index (χ0v) is 13.1. The quantitative estimate of drug-likeness (QED) is 0.810. The summed E-state index contributed by atoms with van der Waals surface area (Å²) in [5, 5.41) is 3.14. The number of unbranched alkanes of at least 4 members (excludes halogenated alkanes) is 1. The Morgan fingerprint density at radius 2 is 2.05 bits per heavy atom. The molecule has 0 bridgehead atoms. The van der Waals surface area contributed by atoms with Gasteiger partial charge in [0, 0.05) is 10.7 Å². The molecule has 1 aromatic rings. The van der Waals surface area contributed by atoms with Crippen LogP contribution < -0.4 is 10.0 Å². The van der Waals surface area contributed by atoms with Crippen molar-refractivity contribution in [3.05, 3.63) is 28.8 Å². The van der Waals surface area contributed by atoms with Crippen molar-refractivity contribution in [3.8, 4) is 0 Å². The number of hydrogen-bond donors (Lipinski definition) is 2. The first-order valence-electron chi connectivity index (χ1n) is 6.37. The summed E-state index contributed by atoms with van der Waals surface area (Å²) < 4.78 is 25.3. The molecule has 0 atom stereocenters. The van der Waals surface area contributed by atoms with Crippen molar-refractivity contribution in [2.75, 3.05) is 17.6 Å². The molecule has 0 radical (unpaired) electrons. The maximum atomic E-state index is 11.6. The summed E-state index contributed by atoms with van der Waals surface area (Å²) in [7, 11) is -3.38. The number of halogens is 1. The van der Waals surface area contributed by atoms with E-state index in [1.165, 1.54) is 0 Å². The predicted octanol–water partition coefficient (Wildman–Crippen LogP) is 2.31. The molecular weight excluding hydrogens is 300 g/mol. The van der Waals surface area contributed by atoms with E-state index >= 15 is 0 Å². The van der Waals surface area contributed by atoms with E-state index in [-0.39, 0.29) is 12.3 Å². The summed E-state index contributed by atoms with van der Waals surface area (Å²) in [5.74, 6) is -0.391. The Labute approximate surface area is 124 Å². The molecule has 1 amide bonds. The number of sulfonamides is 1. The number of carbonyl (C=O) groups excluding carboxylic acids is 1. The first kappa shape index (κ1) is 16.9. The monoisotopic (exact) mass is 318 g/mol. The van der Waals surface area contributed by atoms with Crippen molar-refractivity contribution >= 4 is 33.2 Å². The Morgan fingerprint density at radius 3 is 2.65 bits per heavy atom. The lowest BCUT2D eigenvalue weighted by molar-refractivity contribution is -0.115. The highest BCUT2D eigenvalue weighted by molar-refractivity contribution is 7.89. The van der Waals surface area contributed by atoms with E-state index in [2.05, 4.69) is 10.0 Å². The number of aryl methyl sites for hydroxylation is 1. The molecule has 0 fully saturated rings. The highest BCUT2D eigenvalue weighted by atomic mass is 35.5. The predicted molar refractivity (Wildman–Crippen MR) is 81.5 cm³/mol. The minimum absolute atomic E-state index is 0.0349. The third kappa shape index (κ3) is 5.90. The summed E-state index contributed by atoms with van der Waals surface area (Å²) in [6.07, 6.45) is 1.36. The Kier molecular flexibility index (Phi) is 6.45. The summed E-state index contributed by atoms with van der Waals surface area (Å²) in [6.45, 7) is 3.48. The maximum absolute atomic E-state index is 11.6. The Balaban J connectivity index is 2.49. The van der Waals surface area contributed by atoms with Gasteiger partial charge in [-0.2, -0.15) is 0 Å².